The van der Waals surface area contributed by atoms with Gasteiger partial charge >= 0.3 is 81.4 Å². The first-order valence-corrected chi connectivity index (χ1v) is 4.99. The summed E-state index contributed by atoms with van der Waals surface area (Å²) in [5, 5.41) is 2.59. The number of amides is 1. The molecule has 1 aliphatic rings. The first kappa shape index (κ1) is 9.71. The number of likely N-dealkylation sites (tertiary alicyclic amines) is 1. The summed E-state index contributed by atoms with van der Waals surface area (Å²) in [6, 6.07) is 0.226. The van der Waals surface area contributed by atoms with E-state index in [0.29, 0.717) is 0 Å². The van der Waals surface area contributed by atoms with Crippen LogP contribution in [0.1, 0.15) is 12.8 Å². The van der Waals surface area contributed by atoms with Crippen LogP contribution in [0.25, 0.3) is 0 Å². The molecule has 1 atom stereocenters. The number of carbonyl (C=O) groups is 1. The average Bonchev–Trinajstić information content (AvgIpc) is 2.51. The summed E-state index contributed by atoms with van der Waals surface area (Å²) in [5.41, 5.74) is 0. The van der Waals surface area contributed by atoms with Gasteiger partial charge in [0.2, 0.25) is 0 Å². The number of nitroso groups, excluding NO2 is 1. The van der Waals surface area contributed by atoms with Crippen molar-refractivity contribution in [2.45, 2.75) is 18.9 Å². The Bertz CT molecular complexity index is 208. The Morgan fingerprint density at radius 2 is 2.50 bits per heavy atom. The monoisotopic (exact) mass is 252 g/mol. The number of hydrogen-bond acceptors (Lipinski definition) is 3. The van der Waals surface area contributed by atoms with Gasteiger partial charge in [0.25, 0.3) is 0 Å². The maximum atomic E-state index is 11.2. The molecule has 0 N–H and O–H groups in total. The minimum atomic E-state index is -0.217. The Kier molecular flexibility index (Phi) is 3.73. The third-order valence-corrected chi connectivity index (χ3v) is 2.75. The summed E-state index contributed by atoms with van der Waals surface area (Å²) in [5.74, 6) is -0.146. The molecule has 5 heteroatoms. The van der Waals surface area contributed by atoms with Gasteiger partial charge < -0.3 is 0 Å². The van der Waals surface area contributed by atoms with E-state index in [0.717, 1.165) is 19.4 Å². The van der Waals surface area contributed by atoms with Crippen LogP contribution in [-0.4, -0.2) is 34.3 Å². The molecule has 66 valence electrons. The molecule has 0 aromatic heterocycles. The molecule has 0 aromatic carbocycles. The first-order chi connectivity index (χ1) is 5.79. The van der Waals surface area contributed by atoms with Crippen LogP contribution < -0.4 is 0 Å². The molecule has 1 rings (SSSR count). The third kappa shape index (κ3) is 2.07. The van der Waals surface area contributed by atoms with Crippen molar-refractivity contribution in [3.05, 3.63) is 4.91 Å². The second kappa shape index (κ2) is 4.60. The van der Waals surface area contributed by atoms with E-state index in [-0.39, 0.29) is 18.5 Å². The summed E-state index contributed by atoms with van der Waals surface area (Å²) >= 11 is 1.87. The summed E-state index contributed by atoms with van der Waals surface area (Å²) in [6.45, 7) is 0.552. The second-order valence-corrected chi connectivity index (χ2v) is 3.39. The van der Waals surface area contributed by atoms with Gasteiger partial charge in [-0.3, -0.25) is 0 Å². The van der Waals surface area contributed by atoms with Crippen molar-refractivity contribution in [2.75, 3.05) is 13.1 Å². The van der Waals surface area contributed by atoms with Gasteiger partial charge in [-0.2, -0.15) is 0 Å². The normalized spacial score (nSPS) is 22.3. The standard InChI is InChI=1S/C7H10N2O2.Mo/c1-6-3-2-4-9(6)7(10)5-8-11;/h1,6H,2-5H2;/t6-;/m1./s1. The van der Waals surface area contributed by atoms with E-state index in [4.69, 9.17) is 0 Å². The molecule has 0 bridgehead atoms. The minimum absolute atomic E-state index is 0.146. The van der Waals surface area contributed by atoms with Gasteiger partial charge in [-0.25, -0.2) is 0 Å². The zero-order chi connectivity index (χ0) is 8.97. The molecule has 1 aliphatic heterocycles. The van der Waals surface area contributed by atoms with Crippen LogP contribution in [0.2, 0.25) is 0 Å². The Hall–Kier alpha value is -0.372. The van der Waals surface area contributed by atoms with Crippen molar-refractivity contribution in [1.82, 2.24) is 4.90 Å². The van der Waals surface area contributed by atoms with Crippen molar-refractivity contribution < 1.29 is 24.1 Å². The van der Waals surface area contributed by atoms with Crippen LogP contribution in [0.3, 0.4) is 0 Å². The van der Waals surface area contributed by atoms with Gasteiger partial charge in [0, 0.05) is 0 Å². The summed E-state index contributed by atoms with van der Waals surface area (Å²) in [6.07, 6.45) is 2.05. The molecule has 4 nitrogen and oxygen atoms in total. The SMILES string of the molecule is O=NCC(=O)N1CCC[C@H]1[CH]=[Mo]. The van der Waals surface area contributed by atoms with Gasteiger partial charge in [-0.1, -0.05) is 0 Å². The average molecular weight is 250 g/mol. The zero-order valence-electron chi connectivity index (χ0n) is 6.60. The van der Waals surface area contributed by atoms with E-state index in [1.807, 2.05) is 23.8 Å². The van der Waals surface area contributed by atoms with Gasteiger partial charge in [0.05, 0.1) is 0 Å². The quantitative estimate of drug-likeness (QED) is 0.526. The first-order valence-electron chi connectivity index (χ1n) is 3.83. The topological polar surface area (TPSA) is 49.7 Å². The van der Waals surface area contributed by atoms with E-state index in [2.05, 4.69) is 5.18 Å². The molecule has 1 saturated heterocycles. The van der Waals surface area contributed by atoms with Crippen molar-refractivity contribution in [3.63, 3.8) is 0 Å². The molecule has 1 fully saturated rings. The van der Waals surface area contributed by atoms with E-state index >= 15 is 0 Å². The Balaban J connectivity index is 2.54. The van der Waals surface area contributed by atoms with Crippen LogP contribution in [0.4, 0.5) is 0 Å². The Morgan fingerprint density at radius 1 is 1.75 bits per heavy atom. The predicted octanol–water partition coefficient (Wildman–Crippen LogP) is 0.0928. The van der Waals surface area contributed by atoms with Crippen LogP contribution >= 0.6 is 0 Å². The molecule has 0 spiro atoms. The third-order valence-electron chi connectivity index (χ3n) is 1.98. The molecule has 1 amide bonds. The summed E-state index contributed by atoms with van der Waals surface area (Å²) < 4.78 is 2.01. The second-order valence-electron chi connectivity index (χ2n) is 2.72. The Labute approximate surface area is 81.7 Å². The molecule has 0 aromatic rings. The number of carbonyl (C=O) groups excluding carboxylic acids is 1. The van der Waals surface area contributed by atoms with E-state index < -0.39 is 0 Å². The predicted molar refractivity (Wildman–Crippen MR) is 41.5 cm³/mol. The summed E-state index contributed by atoms with van der Waals surface area (Å²) in [4.78, 5) is 22.8. The summed E-state index contributed by atoms with van der Waals surface area (Å²) in [7, 11) is 0. The van der Waals surface area contributed by atoms with Gasteiger partial charge in [-0.05, 0) is 0 Å². The number of nitrogens with zero attached hydrogens (tertiary/aromatic N) is 2. The van der Waals surface area contributed by atoms with Gasteiger partial charge in [0.1, 0.15) is 0 Å². The van der Waals surface area contributed by atoms with Crippen molar-refractivity contribution in [3.8, 4) is 0 Å². The van der Waals surface area contributed by atoms with Crippen LogP contribution in [0, 0.1) is 4.91 Å². The fourth-order valence-corrected chi connectivity index (χ4v) is 2.09. The van der Waals surface area contributed by atoms with Crippen LogP contribution in [0.15, 0.2) is 5.18 Å². The number of rotatable bonds is 3. The molecular weight excluding hydrogens is 240 g/mol. The van der Waals surface area contributed by atoms with Crippen LogP contribution in [-0.2, 0) is 24.1 Å². The van der Waals surface area contributed by atoms with E-state index in [9.17, 15) is 9.70 Å². The molecular formula is C7H10MoN2O2. The fraction of sp³-hybridized carbons (Fsp3) is 0.714. The molecule has 0 saturated carbocycles. The molecule has 12 heavy (non-hydrogen) atoms. The van der Waals surface area contributed by atoms with Crippen molar-refractivity contribution in [2.24, 2.45) is 5.18 Å². The maximum absolute atomic E-state index is 11.2. The van der Waals surface area contributed by atoms with E-state index in [1.54, 1.807) is 4.90 Å². The fourth-order valence-electron chi connectivity index (χ4n) is 1.39. The molecule has 0 aliphatic carbocycles. The van der Waals surface area contributed by atoms with Gasteiger partial charge in [-0.15, -0.1) is 0 Å². The zero-order valence-corrected chi connectivity index (χ0v) is 8.61. The molecule has 0 radical (unpaired) electrons. The Morgan fingerprint density at radius 3 is 3.08 bits per heavy atom. The van der Waals surface area contributed by atoms with Gasteiger partial charge in [0.15, 0.2) is 0 Å². The van der Waals surface area contributed by atoms with Crippen molar-refractivity contribution in [1.29, 1.82) is 0 Å². The molecule has 0 unspecified atom stereocenters. The number of hydrogen-bond donors (Lipinski definition) is 0. The van der Waals surface area contributed by atoms with Crippen molar-refractivity contribution >= 4 is 10.3 Å². The van der Waals surface area contributed by atoms with Crippen LogP contribution in [0.5, 0.6) is 0 Å². The van der Waals surface area contributed by atoms with E-state index in [1.165, 1.54) is 0 Å². The molecule has 1 heterocycles.